The molecule has 8 aromatic rings. The third-order valence-electron chi connectivity index (χ3n) is 7.98. The van der Waals surface area contributed by atoms with E-state index in [9.17, 15) is 0 Å². The number of hydrogen-bond donors (Lipinski definition) is 0. The Bertz CT molecular complexity index is 2130. The molecule has 1 heterocycles. The lowest BCUT2D eigenvalue weighted by atomic mass is 9.86. The first-order valence-electron chi connectivity index (χ1n) is 14.0. The highest BCUT2D eigenvalue weighted by molar-refractivity contribution is 6.21. The molecule has 0 radical (unpaired) electrons. The molecule has 7 aromatic carbocycles. The normalized spacial score (nSPS) is 11.4. The quantitative estimate of drug-likeness (QED) is 0.210. The van der Waals surface area contributed by atoms with Crippen LogP contribution in [0.15, 0.2) is 158 Å². The zero-order chi connectivity index (χ0) is 27.2. The van der Waals surface area contributed by atoms with Crippen LogP contribution < -0.4 is 0 Å². The summed E-state index contributed by atoms with van der Waals surface area (Å²) in [4.78, 5) is 5.07. The molecule has 41 heavy (non-hydrogen) atoms. The lowest BCUT2D eigenvalue weighted by molar-refractivity contribution is 1.10. The number of aromatic nitrogens is 2. The third kappa shape index (κ3) is 3.84. The Morgan fingerprint density at radius 3 is 1.51 bits per heavy atom. The SMILES string of the molecule is c1ccc(-c2c3ccccc3c(-c3cccc(-n4c(-c5ccccc5)nc5ccccc54)c3)c3ccccc23)cc1. The lowest BCUT2D eigenvalue weighted by Gasteiger charge is -2.18. The molecule has 0 bridgehead atoms. The maximum absolute atomic E-state index is 5.07. The van der Waals surface area contributed by atoms with Crippen LogP contribution in [0.4, 0.5) is 0 Å². The number of imidazole rings is 1. The minimum atomic E-state index is 0.943. The van der Waals surface area contributed by atoms with Crippen molar-refractivity contribution in [3.05, 3.63) is 158 Å². The molecular formula is C39H26N2. The molecule has 192 valence electrons. The molecule has 2 nitrogen and oxygen atoms in total. The van der Waals surface area contributed by atoms with Crippen molar-refractivity contribution in [2.75, 3.05) is 0 Å². The second kappa shape index (κ2) is 9.62. The Labute approximate surface area is 238 Å². The van der Waals surface area contributed by atoms with Crippen molar-refractivity contribution < 1.29 is 0 Å². The summed E-state index contributed by atoms with van der Waals surface area (Å²) in [6.07, 6.45) is 0. The van der Waals surface area contributed by atoms with Gasteiger partial charge in [0.1, 0.15) is 5.82 Å². The van der Waals surface area contributed by atoms with Gasteiger partial charge >= 0.3 is 0 Å². The first-order valence-corrected chi connectivity index (χ1v) is 14.0. The van der Waals surface area contributed by atoms with E-state index in [0.29, 0.717) is 0 Å². The average molecular weight is 523 g/mol. The summed E-state index contributed by atoms with van der Waals surface area (Å²) in [5.41, 5.74) is 9.22. The number of benzene rings is 7. The first kappa shape index (κ1) is 23.4. The van der Waals surface area contributed by atoms with Gasteiger partial charge in [-0.15, -0.1) is 0 Å². The molecule has 0 amide bonds. The number of fused-ring (bicyclic) bond motifs is 3. The molecule has 0 atom stereocenters. The van der Waals surface area contributed by atoms with E-state index in [0.717, 1.165) is 28.1 Å². The summed E-state index contributed by atoms with van der Waals surface area (Å²) in [7, 11) is 0. The summed E-state index contributed by atoms with van der Waals surface area (Å²) in [6, 6.07) is 56.1. The van der Waals surface area contributed by atoms with Gasteiger partial charge in [-0.3, -0.25) is 4.57 Å². The van der Waals surface area contributed by atoms with Crippen LogP contribution in [0.2, 0.25) is 0 Å². The average Bonchev–Trinajstić information content (AvgIpc) is 3.44. The molecule has 0 saturated carbocycles. The molecule has 0 aliphatic carbocycles. The van der Waals surface area contributed by atoms with Crippen LogP contribution >= 0.6 is 0 Å². The van der Waals surface area contributed by atoms with E-state index in [4.69, 9.17) is 4.98 Å². The molecule has 0 saturated heterocycles. The van der Waals surface area contributed by atoms with Crippen LogP contribution in [0.1, 0.15) is 0 Å². The van der Waals surface area contributed by atoms with Gasteiger partial charge in [-0.2, -0.15) is 0 Å². The maximum atomic E-state index is 5.07. The number of rotatable bonds is 4. The van der Waals surface area contributed by atoms with Crippen molar-refractivity contribution >= 4 is 32.6 Å². The fourth-order valence-electron chi connectivity index (χ4n) is 6.22. The highest BCUT2D eigenvalue weighted by Crippen LogP contribution is 2.44. The largest absolute Gasteiger partial charge is 0.292 e. The predicted molar refractivity (Wildman–Crippen MR) is 172 cm³/mol. The zero-order valence-corrected chi connectivity index (χ0v) is 22.4. The minimum absolute atomic E-state index is 0.943. The monoisotopic (exact) mass is 522 g/mol. The zero-order valence-electron chi connectivity index (χ0n) is 22.4. The van der Waals surface area contributed by atoms with Crippen LogP contribution in [-0.2, 0) is 0 Å². The summed E-state index contributed by atoms with van der Waals surface area (Å²) < 4.78 is 2.29. The highest BCUT2D eigenvalue weighted by atomic mass is 15.1. The predicted octanol–water partition coefficient (Wildman–Crippen LogP) is 10.3. The summed E-state index contributed by atoms with van der Waals surface area (Å²) >= 11 is 0. The van der Waals surface area contributed by atoms with Gasteiger partial charge in [0.15, 0.2) is 0 Å². The smallest absolute Gasteiger partial charge is 0.145 e. The molecule has 0 aliphatic heterocycles. The molecule has 1 aromatic heterocycles. The Morgan fingerprint density at radius 2 is 0.878 bits per heavy atom. The van der Waals surface area contributed by atoms with E-state index in [1.54, 1.807) is 0 Å². The topological polar surface area (TPSA) is 17.8 Å². The molecule has 0 unspecified atom stereocenters. The van der Waals surface area contributed by atoms with Crippen molar-refractivity contribution in [1.29, 1.82) is 0 Å². The van der Waals surface area contributed by atoms with Crippen molar-refractivity contribution in [2.45, 2.75) is 0 Å². The maximum Gasteiger partial charge on any atom is 0.145 e. The second-order valence-electron chi connectivity index (χ2n) is 10.4. The van der Waals surface area contributed by atoms with Gasteiger partial charge in [-0.25, -0.2) is 4.98 Å². The van der Waals surface area contributed by atoms with E-state index >= 15 is 0 Å². The highest BCUT2D eigenvalue weighted by Gasteiger charge is 2.18. The Hall–Kier alpha value is -5.47. The van der Waals surface area contributed by atoms with Gasteiger partial charge in [-0.05, 0) is 68.1 Å². The molecule has 8 rings (SSSR count). The number of nitrogens with zero attached hydrogens (tertiary/aromatic N) is 2. The molecule has 0 spiro atoms. The Morgan fingerprint density at radius 1 is 0.390 bits per heavy atom. The minimum Gasteiger partial charge on any atom is -0.292 e. The van der Waals surface area contributed by atoms with Crippen molar-refractivity contribution in [1.82, 2.24) is 9.55 Å². The summed E-state index contributed by atoms with van der Waals surface area (Å²) in [5.74, 6) is 0.943. The molecule has 0 aliphatic rings. The number of hydrogen-bond acceptors (Lipinski definition) is 1. The fraction of sp³-hybridized carbons (Fsp3) is 0. The van der Waals surface area contributed by atoms with Gasteiger partial charge in [0.25, 0.3) is 0 Å². The van der Waals surface area contributed by atoms with Crippen molar-refractivity contribution in [3.8, 4) is 39.3 Å². The standard InChI is InChI=1S/C39H26N2/c1-3-14-27(15-4-1)37-31-20-7-9-22-33(31)38(34-23-10-8-21-32(34)37)29-18-13-19-30(26-29)41-36-25-12-11-24-35(36)40-39(41)28-16-5-2-6-17-28/h1-26H. The van der Waals surface area contributed by atoms with Crippen molar-refractivity contribution in [2.24, 2.45) is 0 Å². The van der Waals surface area contributed by atoms with E-state index in [-0.39, 0.29) is 0 Å². The van der Waals surface area contributed by atoms with Gasteiger partial charge < -0.3 is 0 Å². The summed E-state index contributed by atoms with van der Waals surface area (Å²) in [5, 5.41) is 5.02. The van der Waals surface area contributed by atoms with Gasteiger partial charge in [0.05, 0.1) is 11.0 Å². The third-order valence-corrected chi connectivity index (χ3v) is 7.98. The van der Waals surface area contributed by atoms with Crippen LogP contribution in [0.5, 0.6) is 0 Å². The van der Waals surface area contributed by atoms with Crippen LogP contribution in [-0.4, -0.2) is 9.55 Å². The molecule has 0 fully saturated rings. The second-order valence-corrected chi connectivity index (χ2v) is 10.4. The lowest BCUT2D eigenvalue weighted by Crippen LogP contribution is -1.98. The van der Waals surface area contributed by atoms with E-state index in [1.807, 2.05) is 6.07 Å². The fourth-order valence-corrected chi connectivity index (χ4v) is 6.22. The summed E-state index contributed by atoms with van der Waals surface area (Å²) in [6.45, 7) is 0. The van der Waals surface area contributed by atoms with Crippen molar-refractivity contribution in [3.63, 3.8) is 0 Å². The van der Waals surface area contributed by atoms with Crippen LogP contribution in [0.3, 0.4) is 0 Å². The molecule has 0 N–H and O–H groups in total. The Kier molecular flexibility index (Phi) is 5.49. The van der Waals surface area contributed by atoms with Gasteiger partial charge in [0, 0.05) is 11.3 Å². The number of para-hydroxylation sites is 2. The van der Waals surface area contributed by atoms with E-state index in [1.165, 1.54) is 43.8 Å². The molecule has 2 heteroatoms. The Balaban J connectivity index is 1.43. The van der Waals surface area contributed by atoms with E-state index in [2.05, 4.69) is 156 Å². The molecular weight excluding hydrogens is 496 g/mol. The first-order chi connectivity index (χ1) is 20.4. The van der Waals surface area contributed by atoms with Gasteiger partial charge in [-0.1, -0.05) is 133 Å². The van der Waals surface area contributed by atoms with Crippen LogP contribution in [0.25, 0.3) is 71.9 Å². The van der Waals surface area contributed by atoms with Crippen LogP contribution in [0, 0.1) is 0 Å². The van der Waals surface area contributed by atoms with Gasteiger partial charge in [0.2, 0.25) is 0 Å². The van der Waals surface area contributed by atoms with E-state index < -0.39 is 0 Å².